The molecular formula is C22H24N8O3W3-2. The maximum absolute atomic E-state index is 12.5. The monoisotopic (exact) mass is 1000 g/mol. The third kappa shape index (κ3) is 8.95. The molecule has 3 rings (SSSR count). The summed E-state index contributed by atoms with van der Waals surface area (Å²) in [6.07, 6.45) is 1.82. The molecule has 0 saturated heterocycles. The number of carbonyl (C=O) groups excluding carboxylic acids is 3. The van der Waals surface area contributed by atoms with E-state index in [-0.39, 0.29) is 93.6 Å². The molecule has 0 bridgehead atoms. The minimum absolute atomic E-state index is 0. The summed E-state index contributed by atoms with van der Waals surface area (Å²) in [5.74, 6) is -1.02. The molecule has 1 atom stereocenters. The predicted octanol–water partition coefficient (Wildman–Crippen LogP) is 0.898. The zero-order chi connectivity index (χ0) is 24.1. The van der Waals surface area contributed by atoms with Crippen molar-refractivity contribution in [2.75, 3.05) is 23.4 Å². The van der Waals surface area contributed by atoms with Gasteiger partial charge in [0, 0.05) is 87.3 Å². The molecule has 14 heteroatoms. The molecule has 11 nitrogen and oxygen atoms in total. The maximum Gasteiger partial charge on any atom is 0.251 e. The summed E-state index contributed by atoms with van der Waals surface area (Å²) in [6, 6.07) is 5.96. The van der Waals surface area contributed by atoms with Crippen molar-refractivity contribution in [1.29, 1.82) is 0 Å². The molecule has 2 aromatic heterocycles. The van der Waals surface area contributed by atoms with Gasteiger partial charge in [-0.05, 0) is 42.9 Å². The average Bonchev–Trinajstić information content (AvgIpc) is 2.76. The van der Waals surface area contributed by atoms with Crippen molar-refractivity contribution in [1.82, 2.24) is 25.3 Å². The molecule has 0 radical (unpaired) electrons. The number of nitrogen functional groups attached to an aromatic ring is 2. The number of rotatable bonds is 9. The van der Waals surface area contributed by atoms with Crippen molar-refractivity contribution in [2.45, 2.75) is 25.4 Å². The van der Waals surface area contributed by atoms with Crippen LogP contribution in [0.25, 0.3) is 11.2 Å². The molecule has 0 aliphatic heterocycles. The smallest absolute Gasteiger partial charge is 0.251 e. The first-order chi connectivity index (χ1) is 15.6. The van der Waals surface area contributed by atoms with Gasteiger partial charge in [-0.15, -0.1) is 0 Å². The van der Waals surface area contributed by atoms with E-state index in [1.54, 1.807) is 30.5 Å². The van der Waals surface area contributed by atoms with Crippen molar-refractivity contribution in [3.63, 3.8) is 0 Å². The zero-order valence-corrected chi connectivity index (χ0v) is 28.1. The van der Waals surface area contributed by atoms with Crippen LogP contribution < -0.4 is 21.7 Å². The van der Waals surface area contributed by atoms with E-state index in [1.165, 1.54) is 0 Å². The molecule has 1 aromatic carbocycles. The summed E-state index contributed by atoms with van der Waals surface area (Å²) in [5, 5.41) is 2.61. The van der Waals surface area contributed by atoms with Crippen LogP contribution in [-0.4, -0.2) is 50.5 Å². The Labute approximate surface area is 251 Å². The quantitative estimate of drug-likeness (QED) is 0.262. The summed E-state index contributed by atoms with van der Waals surface area (Å²) in [4.78, 5) is 53.8. The van der Waals surface area contributed by atoms with Gasteiger partial charge >= 0.3 is 0 Å². The second-order valence-electron chi connectivity index (χ2n) is 7.47. The van der Waals surface area contributed by atoms with E-state index in [2.05, 4.69) is 39.1 Å². The van der Waals surface area contributed by atoms with Crippen LogP contribution in [0.15, 0.2) is 30.5 Å². The Kier molecular flexibility index (Phi) is 14.1. The Morgan fingerprint density at radius 3 is 2.25 bits per heavy atom. The van der Waals surface area contributed by atoms with Crippen LogP contribution in [0.2, 0.25) is 0 Å². The molecule has 3 aromatic rings. The van der Waals surface area contributed by atoms with Gasteiger partial charge in [0.05, 0.1) is 24.5 Å². The number of carbonyl (C=O) groups is 3. The molecule has 0 aliphatic rings. The van der Waals surface area contributed by atoms with E-state index in [0.717, 1.165) is 5.69 Å². The number of benzene rings is 1. The molecule has 36 heavy (non-hydrogen) atoms. The summed E-state index contributed by atoms with van der Waals surface area (Å²) in [6.45, 7) is 7.03. The molecule has 0 aliphatic carbocycles. The Balaban J connectivity index is 0.00000408. The van der Waals surface area contributed by atoms with Gasteiger partial charge in [-0.2, -0.15) is 9.97 Å². The first-order valence-electron chi connectivity index (χ1n) is 10.0. The first kappa shape index (κ1) is 33.7. The number of nitrogens with zero attached hydrogens (tertiary/aromatic N) is 5. The summed E-state index contributed by atoms with van der Waals surface area (Å²) < 4.78 is 0. The topological polar surface area (TPSA) is 170 Å². The molecule has 2 heterocycles. The number of nitrogens with one attached hydrogen (secondary N) is 1. The maximum atomic E-state index is 12.5. The Bertz CT molecular complexity index is 1210. The van der Waals surface area contributed by atoms with Crippen molar-refractivity contribution >= 4 is 46.1 Å². The minimum atomic E-state index is -0.844. The third-order valence-electron chi connectivity index (χ3n) is 4.88. The Morgan fingerprint density at radius 2 is 1.67 bits per heavy atom. The largest absolute Gasteiger partial charge is 0.382 e. The number of aromatic nitrogens is 4. The van der Waals surface area contributed by atoms with Gasteiger partial charge in [0.15, 0.2) is 17.0 Å². The minimum Gasteiger partial charge on any atom is -0.382 e. The Hall–Kier alpha value is -2.35. The molecule has 0 spiro atoms. The molecule has 5 N–H and O–H groups in total. The van der Waals surface area contributed by atoms with Crippen LogP contribution in [0.5, 0.6) is 0 Å². The van der Waals surface area contributed by atoms with E-state index < -0.39 is 17.7 Å². The second kappa shape index (κ2) is 15.0. The van der Waals surface area contributed by atoms with Crippen molar-refractivity contribution in [3.8, 4) is 0 Å². The number of fused-ring (bicyclic) bond motifs is 1. The fraction of sp³-hybridized carbons (Fsp3) is 0.227. The van der Waals surface area contributed by atoms with Crippen LogP contribution in [-0.2, 0) is 79.3 Å². The summed E-state index contributed by atoms with van der Waals surface area (Å²) in [7, 11) is 1.86. The van der Waals surface area contributed by atoms with E-state index in [4.69, 9.17) is 11.5 Å². The number of anilines is 3. The fourth-order valence-corrected chi connectivity index (χ4v) is 3.12. The van der Waals surface area contributed by atoms with E-state index in [9.17, 15) is 14.4 Å². The van der Waals surface area contributed by atoms with E-state index in [1.807, 2.05) is 11.9 Å². The van der Waals surface area contributed by atoms with Crippen molar-refractivity contribution < 1.29 is 77.6 Å². The van der Waals surface area contributed by atoms with Gasteiger partial charge in [-0.3, -0.25) is 4.79 Å². The number of hydrogen-bond donors (Lipinski definition) is 3. The van der Waals surface area contributed by atoms with Gasteiger partial charge in [0.1, 0.15) is 0 Å². The predicted molar refractivity (Wildman–Crippen MR) is 124 cm³/mol. The molecule has 1 unspecified atom stereocenters. The first-order valence-corrected chi connectivity index (χ1v) is 10.0. The molecule has 0 saturated carbocycles. The molecule has 0 fully saturated rings. The van der Waals surface area contributed by atoms with Gasteiger partial charge in [0.25, 0.3) is 5.91 Å². The molecule has 1 amide bonds. The van der Waals surface area contributed by atoms with Crippen LogP contribution in [0.1, 0.15) is 28.9 Å². The fourth-order valence-electron chi connectivity index (χ4n) is 3.12. The zero-order valence-electron chi connectivity index (χ0n) is 19.3. The molecular weight excluding hydrogens is 976 g/mol. The number of amides is 1. The number of Topliss-reactive ketones (excluding diaryl/α,β-unsaturated/α-hetero) is 2. The number of nitrogens with two attached hydrogens (primary N) is 2. The summed E-state index contributed by atoms with van der Waals surface area (Å²) >= 11 is 0. The van der Waals surface area contributed by atoms with Gasteiger partial charge in [0.2, 0.25) is 5.95 Å². The third-order valence-corrected chi connectivity index (χ3v) is 4.88. The number of ketones is 2. The van der Waals surface area contributed by atoms with Gasteiger partial charge in [-0.25, -0.2) is 9.97 Å². The van der Waals surface area contributed by atoms with Gasteiger partial charge in [-0.1, -0.05) is 0 Å². The van der Waals surface area contributed by atoms with Crippen LogP contribution >= 0.6 is 0 Å². The van der Waals surface area contributed by atoms with Crippen LogP contribution in [0, 0.1) is 13.8 Å². The average molecular weight is 1000 g/mol. The van der Waals surface area contributed by atoms with Crippen molar-refractivity contribution in [2.24, 2.45) is 0 Å². The van der Waals surface area contributed by atoms with Crippen molar-refractivity contribution in [3.05, 3.63) is 55.6 Å². The van der Waals surface area contributed by atoms with Gasteiger partial charge < -0.3 is 45.1 Å². The second-order valence-corrected chi connectivity index (χ2v) is 7.47. The SMILES string of the molecule is [CH2-]C(=O)CCC(NC(=O)c1ccc(N(C)Cc2cnc3nc(N)nc(N)c3n2)cc1)C([CH2-])=O.[W].[W].[W]. The number of hydrogen-bond acceptors (Lipinski definition) is 10. The van der Waals surface area contributed by atoms with E-state index in [0.29, 0.717) is 29.0 Å². The standard InChI is InChI=1S/C22H24N8O3.3W/c1-12(31)4-9-17(13(2)32)27-21(33)14-5-7-16(8-6-14)30(3)11-15-10-25-20-18(26-15)19(23)28-22(24)29-20;;;/h5-8,10,17H,1-2,4,9,11H2,3H3,(H,27,33)(H4,23,24,25,28,29);;;/q-2;;;. The molecule has 190 valence electrons. The van der Waals surface area contributed by atoms with E-state index >= 15 is 0 Å². The Morgan fingerprint density at radius 1 is 1.03 bits per heavy atom. The van der Waals surface area contributed by atoms with Crippen LogP contribution in [0.4, 0.5) is 17.5 Å². The normalized spacial score (nSPS) is 10.7. The van der Waals surface area contributed by atoms with Crippen LogP contribution in [0.3, 0.4) is 0 Å². The summed E-state index contributed by atoms with van der Waals surface area (Å²) in [5.41, 5.74) is 14.0.